The Morgan fingerprint density at radius 3 is 2.11 bits per heavy atom. The number of aliphatic hydroxyl groups excluding tert-OH is 1. The molecule has 5 heterocycles. The van der Waals surface area contributed by atoms with E-state index in [1.807, 2.05) is 119 Å². The Labute approximate surface area is 385 Å². The number of aliphatic imine (C=N–C) groups is 1. The molecule has 0 bridgehead atoms. The lowest BCUT2D eigenvalue weighted by atomic mass is 9.85. The Kier molecular flexibility index (Phi) is 12.5. The molecule has 336 valence electrons. The highest BCUT2D eigenvalue weighted by Gasteiger charge is 2.45. The Bertz CT molecular complexity index is 2820. The number of β-amino-alcohol motifs (C(OH)–C–C–N with tert-alkyl or cyclic N) is 1. The maximum atomic E-state index is 14.3. The van der Waals surface area contributed by atoms with Gasteiger partial charge in [0.1, 0.15) is 29.0 Å². The minimum absolute atomic E-state index is 0.0314. The van der Waals surface area contributed by atoms with Crippen LogP contribution in [0.4, 0.5) is 0 Å². The number of nitrogens with zero attached hydrogens (tertiary/aromatic N) is 6. The standard InChI is InChI=1S/C49H52N8O6S2/c1-25-28(4)65-48-40(25)41(52-37(22-39(59)60)44-55-54-29(5)57(44)48)33-15-11-31(12-16-33)32-13-19-35(20-14-32)45(61)53-43(49(6,7)8)47(63)56-23-36(58)21-38(56)46(62)51-26(2)30-9-17-34(18-10-30)42-27(3)50-24-64-42/h9-20,24,26,36-38,43,58H,21-23H2,1-8H3,(H,51,62)(H,53,61)(H,59,60)/t26-,36+,37-,38-,43+/m0/s1. The third kappa shape index (κ3) is 9.02. The lowest BCUT2D eigenvalue weighted by Crippen LogP contribution is -2.57. The summed E-state index contributed by atoms with van der Waals surface area (Å²) in [7, 11) is 0. The van der Waals surface area contributed by atoms with Crippen LogP contribution in [0.3, 0.4) is 0 Å². The maximum absolute atomic E-state index is 14.3. The second kappa shape index (κ2) is 17.9. The Morgan fingerprint density at radius 1 is 0.862 bits per heavy atom. The molecule has 6 aromatic rings. The number of hydrogen-bond donors (Lipinski definition) is 4. The number of likely N-dealkylation sites (tertiary alicyclic amines) is 1. The van der Waals surface area contributed by atoms with E-state index in [1.165, 1.54) is 4.90 Å². The number of carbonyl (C=O) groups is 4. The summed E-state index contributed by atoms with van der Waals surface area (Å²) in [5.74, 6) is -1.10. The van der Waals surface area contributed by atoms with Crippen molar-refractivity contribution in [3.8, 4) is 26.6 Å². The number of thiophene rings is 1. The average Bonchev–Trinajstić information content (AvgIpc) is 4.04. The van der Waals surface area contributed by atoms with Gasteiger partial charge in [-0.2, -0.15) is 0 Å². The SMILES string of the molecule is Cc1ncsc1-c1ccc([C@H](C)NC(=O)[C@@H]2C[C@@H](O)CN2C(=O)[C@@H](NC(=O)c2ccc(-c3ccc(C4=N[C@@H](CC(=O)O)c5nnc(C)n5-c5sc(C)c(C)c54)cc3)cc2)C(C)(C)C)cc1. The Balaban J connectivity index is 0.962. The molecule has 0 spiro atoms. The molecule has 0 radical (unpaired) electrons. The number of aliphatic carboxylic acids is 1. The van der Waals surface area contributed by atoms with E-state index in [0.717, 1.165) is 59.4 Å². The van der Waals surface area contributed by atoms with Gasteiger partial charge < -0.3 is 25.7 Å². The highest BCUT2D eigenvalue weighted by molar-refractivity contribution is 7.15. The van der Waals surface area contributed by atoms with Crippen LogP contribution in [0.15, 0.2) is 83.3 Å². The number of aromatic nitrogens is 4. The first-order valence-electron chi connectivity index (χ1n) is 21.5. The number of carbonyl (C=O) groups excluding carboxylic acids is 3. The molecule has 0 unspecified atom stereocenters. The van der Waals surface area contributed by atoms with Crippen molar-refractivity contribution in [2.75, 3.05) is 6.54 Å². The summed E-state index contributed by atoms with van der Waals surface area (Å²) in [5, 5.41) is 36.1. The number of aryl methyl sites for hydroxylation is 3. The topological polar surface area (TPSA) is 192 Å². The van der Waals surface area contributed by atoms with E-state index in [9.17, 15) is 29.4 Å². The van der Waals surface area contributed by atoms with Gasteiger partial charge in [0, 0.05) is 34.5 Å². The quantitative estimate of drug-likeness (QED) is 0.101. The summed E-state index contributed by atoms with van der Waals surface area (Å²) in [5.41, 5.74) is 9.57. The number of carboxylic acid groups (broad SMARTS) is 1. The minimum atomic E-state index is -0.999. The van der Waals surface area contributed by atoms with Gasteiger partial charge in [-0.1, -0.05) is 81.4 Å². The molecule has 2 aliphatic heterocycles. The van der Waals surface area contributed by atoms with E-state index < -0.39 is 47.4 Å². The van der Waals surface area contributed by atoms with E-state index in [1.54, 1.807) is 34.8 Å². The van der Waals surface area contributed by atoms with Crippen molar-refractivity contribution >= 4 is 52.1 Å². The van der Waals surface area contributed by atoms with Crippen molar-refractivity contribution in [2.24, 2.45) is 10.4 Å². The van der Waals surface area contributed by atoms with Gasteiger partial charge in [-0.25, -0.2) is 4.98 Å². The van der Waals surface area contributed by atoms with E-state index in [2.05, 4.69) is 32.7 Å². The molecule has 3 amide bonds. The molecule has 16 heteroatoms. The predicted octanol–water partition coefficient (Wildman–Crippen LogP) is 7.70. The number of amides is 3. The van der Waals surface area contributed by atoms with Crippen molar-refractivity contribution in [3.63, 3.8) is 0 Å². The summed E-state index contributed by atoms with van der Waals surface area (Å²) >= 11 is 3.18. The van der Waals surface area contributed by atoms with Crippen molar-refractivity contribution in [1.82, 2.24) is 35.3 Å². The predicted molar refractivity (Wildman–Crippen MR) is 252 cm³/mol. The number of rotatable bonds is 11. The van der Waals surface area contributed by atoms with Gasteiger partial charge >= 0.3 is 5.97 Å². The lowest BCUT2D eigenvalue weighted by molar-refractivity contribution is -0.142. The molecule has 0 saturated carbocycles. The summed E-state index contributed by atoms with van der Waals surface area (Å²) in [4.78, 5) is 66.9. The summed E-state index contributed by atoms with van der Waals surface area (Å²) < 4.78 is 1.93. The number of hydrogen-bond acceptors (Lipinski definition) is 11. The fourth-order valence-electron chi connectivity index (χ4n) is 8.55. The molecule has 65 heavy (non-hydrogen) atoms. The highest BCUT2D eigenvalue weighted by atomic mass is 32.1. The van der Waals surface area contributed by atoms with Crippen molar-refractivity contribution < 1.29 is 29.4 Å². The van der Waals surface area contributed by atoms with E-state index in [0.29, 0.717) is 22.9 Å². The van der Waals surface area contributed by atoms with Crippen LogP contribution in [-0.4, -0.2) is 89.0 Å². The number of aliphatic hydroxyl groups is 1. The molecule has 4 N–H and O–H groups in total. The zero-order valence-corrected chi connectivity index (χ0v) is 39.2. The molecule has 3 aromatic heterocycles. The first kappa shape index (κ1) is 45.2. The zero-order valence-electron chi connectivity index (χ0n) is 37.5. The van der Waals surface area contributed by atoms with E-state index >= 15 is 0 Å². The third-order valence-electron chi connectivity index (χ3n) is 12.3. The summed E-state index contributed by atoms with van der Waals surface area (Å²) in [6.07, 6.45) is -1.05. The lowest BCUT2D eigenvalue weighted by Gasteiger charge is -2.35. The van der Waals surface area contributed by atoms with Crippen molar-refractivity contribution in [1.29, 1.82) is 0 Å². The van der Waals surface area contributed by atoms with Gasteiger partial charge in [-0.05, 0) is 80.0 Å². The summed E-state index contributed by atoms with van der Waals surface area (Å²) in [6, 6.07) is 19.9. The van der Waals surface area contributed by atoms with E-state index in [4.69, 9.17) is 4.99 Å². The molecule has 3 aromatic carbocycles. The third-order valence-corrected chi connectivity index (χ3v) is 14.4. The molecule has 14 nitrogen and oxygen atoms in total. The van der Waals surface area contributed by atoms with Crippen molar-refractivity contribution in [2.45, 2.75) is 98.5 Å². The largest absolute Gasteiger partial charge is 0.481 e. The smallest absolute Gasteiger partial charge is 0.306 e. The Morgan fingerprint density at radius 2 is 1.49 bits per heavy atom. The van der Waals surface area contributed by atoms with Gasteiger partial charge in [0.2, 0.25) is 11.8 Å². The number of fused-ring (bicyclic) bond motifs is 3. The minimum Gasteiger partial charge on any atom is -0.481 e. The normalized spacial score (nSPS) is 18.0. The van der Waals surface area contributed by atoms with Crippen LogP contribution in [0.1, 0.15) is 107 Å². The van der Waals surface area contributed by atoms with Crippen LogP contribution in [0.5, 0.6) is 0 Å². The van der Waals surface area contributed by atoms with Crippen molar-refractivity contribution in [3.05, 3.63) is 128 Å². The van der Waals surface area contributed by atoms with Gasteiger partial charge in [0.25, 0.3) is 5.91 Å². The molecule has 8 rings (SSSR count). The Hall–Kier alpha value is -6.36. The fourth-order valence-corrected chi connectivity index (χ4v) is 10.6. The zero-order chi connectivity index (χ0) is 46.5. The number of benzene rings is 3. The first-order valence-corrected chi connectivity index (χ1v) is 23.2. The monoisotopic (exact) mass is 912 g/mol. The molecule has 5 atom stereocenters. The number of nitrogens with one attached hydrogen (secondary N) is 2. The number of thiazole rings is 1. The van der Waals surface area contributed by atoms with Crippen LogP contribution < -0.4 is 10.6 Å². The summed E-state index contributed by atoms with van der Waals surface area (Å²) in [6.45, 7) is 15.3. The fraction of sp³-hybridized carbons (Fsp3) is 0.347. The molecule has 2 aliphatic rings. The van der Waals surface area contributed by atoms with Gasteiger partial charge in [-0.3, -0.25) is 28.7 Å². The molecular weight excluding hydrogens is 861 g/mol. The highest BCUT2D eigenvalue weighted by Crippen LogP contribution is 2.40. The second-order valence-electron chi connectivity index (χ2n) is 17.9. The van der Waals surface area contributed by atoms with Gasteiger partial charge in [0.15, 0.2) is 5.82 Å². The van der Waals surface area contributed by atoms with Crippen LogP contribution in [0.25, 0.3) is 26.6 Å². The van der Waals surface area contributed by atoms with Gasteiger partial charge in [0.05, 0.1) is 40.4 Å². The first-order chi connectivity index (χ1) is 30.9. The van der Waals surface area contributed by atoms with Crippen LogP contribution in [0.2, 0.25) is 0 Å². The second-order valence-corrected chi connectivity index (χ2v) is 20.0. The molecule has 0 aliphatic carbocycles. The van der Waals surface area contributed by atoms with E-state index in [-0.39, 0.29) is 31.3 Å². The van der Waals surface area contributed by atoms with Gasteiger partial charge in [-0.15, -0.1) is 32.9 Å². The average molecular weight is 913 g/mol. The van der Waals surface area contributed by atoms with Crippen LogP contribution in [-0.2, 0) is 14.4 Å². The maximum Gasteiger partial charge on any atom is 0.306 e. The van der Waals surface area contributed by atoms with Crippen LogP contribution >= 0.6 is 22.7 Å². The molecule has 1 saturated heterocycles. The van der Waals surface area contributed by atoms with Crippen LogP contribution in [0, 0.1) is 33.1 Å². The number of carboxylic acids is 1. The molecular formula is C49H52N8O6S2. The molecule has 1 fully saturated rings.